The molecule has 0 amide bonds. The van der Waals surface area contributed by atoms with Gasteiger partial charge in [0.15, 0.2) is 0 Å². The van der Waals surface area contributed by atoms with Crippen LogP contribution in [0.2, 0.25) is 0 Å². The van der Waals surface area contributed by atoms with Crippen LogP contribution in [0.1, 0.15) is 64.7 Å². The molecule has 1 saturated heterocycles. The summed E-state index contributed by atoms with van der Waals surface area (Å²) in [5, 5.41) is 10.00. The lowest BCUT2D eigenvalue weighted by Crippen LogP contribution is -2.49. The van der Waals surface area contributed by atoms with Crippen LogP contribution in [-0.2, 0) is 4.74 Å². The second kappa shape index (κ2) is 4.26. The molecule has 118 valence electrons. The van der Waals surface area contributed by atoms with Crippen molar-refractivity contribution in [3.05, 3.63) is 0 Å². The molecule has 0 bridgehead atoms. The molecule has 2 unspecified atom stereocenters. The van der Waals surface area contributed by atoms with Crippen molar-refractivity contribution in [2.45, 2.75) is 76.4 Å². The first kappa shape index (κ1) is 13.4. The van der Waals surface area contributed by atoms with Crippen molar-refractivity contribution in [3.8, 4) is 0 Å². The highest BCUT2D eigenvalue weighted by Crippen LogP contribution is 2.68. The first-order chi connectivity index (χ1) is 10.1. The Labute approximate surface area is 128 Å². The van der Waals surface area contributed by atoms with Crippen LogP contribution < -0.4 is 0 Å². The van der Waals surface area contributed by atoms with Crippen LogP contribution in [0.3, 0.4) is 0 Å². The Bertz CT molecular complexity index is 443. The van der Waals surface area contributed by atoms with E-state index in [1.54, 1.807) is 0 Å². The van der Waals surface area contributed by atoms with E-state index in [4.69, 9.17) is 4.74 Å². The Balaban J connectivity index is 1.40. The predicted octanol–water partition coefficient (Wildman–Crippen LogP) is 3.77. The van der Waals surface area contributed by atoms with Crippen LogP contribution in [0.15, 0.2) is 0 Å². The van der Waals surface area contributed by atoms with E-state index in [0.717, 1.165) is 49.0 Å². The summed E-state index contributed by atoms with van der Waals surface area (Å²) in [5.74, 6) is 4.64. The molecule has 1 aliphatic heterocycles. The van der Waals surface area contributed by atoms with Crippen molar-refractivity contribution in [1.82, 2.24) is 0 Å². The van der Waals surface area contributed by atoms with Crippen molar-refractivity contribution in [2.75, 3.05) is 6.61 Å². The molecule has 0 aromatic rings. The summed E-state index contributed by atoms with van der Waals surface area (Å²) < 4.78 is 6.00. The standard InChI is InChI=1S/C19H30O2/c1-18-10-13-3-2-12-8-15(20)4-5-16(12)17(13)9-14(18)6-7-19(18)11-21-19/h12-17,20H,2-11H2,1H3/t12-,13-,14?,15?,16-,17-,18+,19-/m0/s1. The summed E-state index contributed by atoms with van der Waals surface area (Å²) in [7, 11) is 0. The van der Waals surface area contributed by atoms with E-state index in [0.29, 0.717) is 11.0 Å². The summed E-state index contributed by atoms with van der Waals surface area (Å²) in [4.78, 5) is 0. The van der Waals surface area contributed by atoms with Gasteiger partial charge in [0.2, 0.25) is 0 Å². The van der Waals surface area contributed by atoms with Crippen LogP contribution in [0.25, 0.3) is 0 Å². The maximum absolute atomic E-state index is 10.00. The lowest BCUT2D eigenvalue weighted by molar-refractivity contribution is -0.0719. The zero-order valence-electron chi connectivity index (χ0n) is 13.4. The minimum absolute atomic E-state index is 0.00581. The van der Waals surface area contributed by atoms with Gasteiger partial charge in [0.25, 0.3) is 0 Å². The fourth-order valence-corrected chi connectivity index (χ4v) is 7.32. The number of ether oxygens (including phenoxy) is 1. The van der Waals surface area contributed by atoms with E-state index in [1.807, 2.05) is 0 Å². The highest BCUT2D eigenvalue weighted by atomic mass is 16.6. The third kappa shape index (κ3) is 1.72. The Morgan fingerprint density at radius 3 is 2.57 bits per heavy atom. The van der Waals surface area contributed by atoms with Crippen LogP contribution >= 0.6 is 0 Å². The quantitative estimate of drug-likeness (QED) is 0.689. The minimum atomic E-state index is 0.00581. The average Bonchev–Trinajstić information content (AvgIpc) is 3.20. The second-order valence-corrected chi connectivity index (χ2v) is 9.27. The van der Waals surface area contributed by atoms with Gasteiger partial charge in [-0.1, -0.05) is 6.92 Å². The lowest BCUT2D eigenvalue weighted by Gasteiger charge is -2.55. The molecular weight excluding hydrogens is 260 g/mol. The predicted molar refractivity (Wildman–Crippen MR) is 81.8 cm³/mol. The van der Waals surface area contributed by atoms with Gasteiger partial charge in [-0.2, -0.15) is 0 Å². The van der Waals surface area contributed by atoms with Crippen molar-refractivity contribution in [1.29, 1.82) is 0 Å². The number of epoxide rings is 1. The maximum atomic E-state index is 10.00. The van der Waals surface area contributed by atoms with Crippen LogP contribution in [0, 0.1) is 35.0 Å². The zero-order valence-corrected chi connectivity index (χ0v) is 13.4. The van der Waals surface area contributed by atoms with Gasteiger partial charge < -0.3 is 9.84 Å². The lowest BCUT2D eigenvalue weighted by atomic mass is 9.50. The molecule has 0 radical (unpaired) electrons. The van der Waals surface area contributed by atoms with Gasteiger partial charge in [-0.3, -0.25) is 0 Å². The molecule has 1 heterocycles. The monoisotopic (exact) mass is 290 g/mol. The smallest absolute Gasteiger partial charge is 0.0972 e. The minimum Gasteiger partial charge on any atom is -0.393 e. The van der Waals surface area contributed by atoms with Gasteiger partial charge in [-0.25, -0.2) is 0 Å². The molecule has 0 aromatic heterocycles. The van der Waals surface area contributed by atoms with E-state index in [1.165, 1.54) is 44.9 Å². The zero-order chi connectivity index (χ0) is 14.2. The van der Waals surface area contributed by atoms with Crippen LogP contribution in [-0.4, -0.2) is 23.4 Å². The van der Waals surface area contributed by atoms with Gasteiger partial charge in [-0.05, 0) is 87.4 Å². The third-order valence-corrected chi connectivity index (χ3v) is 8.65. The molecule has 21 heavy (non-hydrogen) atoms. The SMILES string of the molecule is C[C@@]12C[C@@H]3CC[C@H]4CC(O)CC[C@@H]4[C@H]3CC1CC[C@]21CO1. The summed E-state index contributed by atoms with van der Waals surface area (Å²) >= 11 is 0. The molecule has 2 nitrogen and oxygen atoms in total. The topological polar surface area (TPSA) is 32.8 Å². The van der Waals surface area contributed by atoms with Crippen molar-refractivity contribution in [2.24, 2.45) is 35.0 Å². The van der Waals surface area contributed by atoms with Crippen LogP contribution in [0.4, 0.5) is 0 Å². The summed E-state index contributed by atoms with van der Waals surface area (Å²) in [5.41, 5.74) is 0.803. The highest BCUT2D eigenvalue weighted by Gasteiger charge is 2.68. The van der Waals surface area contributed by atoms with Gasteiger partial charge in [0.1, 0.15) is 0 Å². The molecule has 8 atom stereocenters. The van der Waals surface area contributed by atoms with E-state index < -0.39 is 0 Å². The molecule has 4 aliphatic carbocycles. The summed E-state index contributed by atoms with van der Waals surface area (Å²) in [6.07, 6.45) is 12.0. The Hall–Kier alpha value is -0.0800. The average molecular weight is 290 g/mol. The van der Waals surface area contributed by atoms with Crippen molar-refractivity contribution >= 4 is 0 Å². The number of hydrogen-bond donors (Lipinski definition) is 1. The van der Waals surface area contributed by atoms with E-state index in [-0.39, 0.29) is 6.10 Å². The molecule has 5 aliphatic rings. The Kier molecular flexibility index (Phi) is 2.71. The molecule has 1 N–H and O–H groups in total. The maximum Gasteiger partial charge on any atom is 0.0972 e. The van der Waals surface area contributed by atoms with Crippen LogP contribution in [0.5, 0.6) is 0 Å². The Morgan fingerprint density at radius 2 is 1.76 bits per heavy atom. The van der Waals surface area contributed by atoms with Gasteiger partial charge in [0.05, 0.1) is 18.3 Å². The normalized spacial score (nSPS) is 62.0. The molecule has 5 rings (SSSR count). The fraction of sp³-hybridized carbons (Fsp3) is 1.00. The van der Waals surface area contributed by atoms with E-state index in [9.17, 15) is 5.11 Å². The third-order valence-electron chi connectivity index (χ3n) is 8.65. The number of aliphatic hydroxyl groups is 1. The van der Waals surface area contributed by atoms with E-state index >= 15 is 0 Å². The first-order valence-corrected chi connectivity index (χ1v) is 9.43. The van der Waals surface area contributed by atoms with Gasteiger partial charge >= 0.3 is 0 Å². The molecule has 5 fully saturated rings. The molecule has 2 heteroatoms. The van der Waals surface area contributed by atoms with Crippen molar-refractivity contribution in [3.63, 3.8) is 0 Å². The summed E-state index contributed by atoms with van der Waals surface area (Å²) in [6, 6.07) is 0. The number of aliphatic hydroxyl groups excluding tert-OH is 1. The fourth-order valence-electron chi connectivity index (χ4n) is 7.32. The highest BCUT2D eigenvalue weighted by molar-refractivity contribution is 5.16. The first-order valence-electron chi connectivity index (χ1n) is 9.43. The second-order valence-electron chi connectivity index (χ2n) is 9.27. The number of hydrogen-bond acceptors (Lipinski definition) is 2. The Morgan fingerprint density at radius 1 is 0.952 bits per heavy atom. The van der Waals surface area contributed by atoms with E-state index in [2.05, 4.69) is 6.92 Å². The summed E-state index contributed by atoms with van der Waals surface area (Å²) in [6.45, 7) is 3.61. The molecule has 4 saturated carbocycles. The number of fused-ring (bicyclic) bond motifs is 5. The molecule has 1 spiro atoms. The molecule has 0 aromatic carbocycles. The van der Waals surface area contributed by atoms with Gasteiger partial charge in [0, 0.05) is 5.41 Å². The number of rotatable bonds is 0. The van der Waals surface area contributed by atoms with Gasteiger partial charge in [-0.15, -0.1) is 0 Å². The largest absolute Gasteiger partial charge is 0.393 e. The van der Waals surface area contributed by atoms with Crippen molar-refractivity contribution < 1.29 is 9.84 Å². The molecular formula is C19H30O2.